The minimum Gasteiger partial charge on any atom is -0.497 e. The van der Waals surface area contributed by atoms with E-state index in [1.807, 2.05) is 30.3 Å². The molecule has 0 aliphatic heterocycles. The van der Waals surface area contributed by atoms with Crippen molar-refractivity contribution in [3.8, 4) is 11.5 Å². The van der Waals surface area contributed by atoms with Crippen molar-refractivity contribution < 1.29 is 19.7 Å². The van der Waals surface area contributed by atoms with Crippen LogP contribution in [0, 0.1) is 0 Å². The molecule has 112 valence electrons. The van der Waals surface area contributed by atoms with E-state index in [2.05, 4.69) is 0 Å². The highest BCUT2D eigenvalue weighted by atomic mass is 16.5. The van der Waals surface area contributed by atoms with Crippen molar-refractivity contribution in [2.75, 3.05) is 13.7 Å². The average Bonchev–Trinajstić information content (AvgIpc) is 2.53. The van der Waals surface area contributed by atoms with E-state index in [-0.39, 0.29) is 13.2 Å². The van der Waals surface area contributed by atoms with Crippen LogP contribution in [0.2, 0.25) is 0 Å². The Balaban J connectivity index is 2.15. The van der Waals surface area contributed by atoms with Gasteiger partial charge in [0.1, 0.15) is 23.7 Å². The van der Waals surface area contributed by atoms with E-state index in [1.165, 1.54) is 0 Å². The highest BCUT2D eigenvalue weighted by molar-refractivity contribution is 5.40. The largest absolute Gasteiger partial charge is 0.497 e. The van der Waals surface area contributed by atoms with Crippen LogP contribution in [-0.4, -0.2) is 23.9 Å². The van der Waals surface area contributed by atoms with Crippen LogP contribution in [0.4, 0.5) is 0 Å². The molecule has 2 aromatic rings. The number of hydrogen-bond donors (Lipinski definition) is 2. The summed E-state index contributed by atoms with van der Waals surface area (Å²) in [5, 5.41) is 19.9. The highest BCUT2D eigenvalue weighted by Crippen LogP contribution is 2.27. The van der Waals surface area contributed by atoms with Gasteiger partial charge in [0.05, 0.1) is 13.7 Å². The first-order valence-electron chi connectivity index (χ1n) is 6.75. The van der Waals surface area contributed by atoms with E-state index >= 15 is 0 Å². The third-order valence-electron chi connectivity index (χ3n) is 3.35. The monoisotopic (exact) mass is 288 g/mol. The summed E-state index contributed by atoms with van der Waals surface area (Å²) >= 11 is 0. The van der Waals surface area contributed by atoms with Crippen molar-refractivity contribution in [3.63, 3.8) is 0 Å². The first kappa shape index (κ1) is 15.4. The Morgan fingerprint density at radius 1 is 1.10 bits per heavy atom. The minimum absolute atomic E-state index is 0.0805. The van der Waals surface area contributed by atoms with Gasteiger partial charge in [0.2, 0.25) is 0 Å². The zero-order valence-electron chi connectivity index (χ0n) is 12.2. The molecule has 0 radical (unpaired) electrons. The van der Waals surface area contributed by atoms with Gasteiger partial charge in [-0.1, -0.05) is 30.3 Å². The fourth-order valence-electron chi connectivity index (χ4n) is 2.03. The van der Waals surface area contributed by atoms with E-state index in [0.717, 1.165) is 5.56 Å². The topological polar surface area (TPSA) is 58.9 Å². The standard InChI is InChI=1S/C17H20O4/c1-17(19,14-6-4-3-5-7-14)12-21-16-10-15(20-2)9-8-13(16)11-18/h3-10,18-19H,11-12H2,1-2H3. The number of aliphatic hydroxyl groups is 2. The average molecular weight is 288 g/mol. The van der Waals surface area contributed by atoms with Crippen LogP contribution in [0.25, 0.3) is 0 Å². The molecule has 0 amide bonds. The van der Waals surface area contributed by atoms with E-state index in [4.69, 9.17) is 9.47 Å². The van der Waals surface area contributed by atoms with Gasteiger partial charge in [-0.05, 0) is 24.6 Å². The van der Waals surface area contributed by atoms with Crippen molar-refractivity contribution in [1.82, 2.24) is 0 Å². The minimum atomic E-state index is -1.11. The molecule has 0 aliphatic rings. The molecule has 0 spiro atoms. The predicted octanol–water partition coefficient (Wildman–Crippen LogP) is 2.47. The van der Waals surface area contributed by atoms with Crippen LogP contribution < -0.4 is 9.47 Å². The Morgan fingerprint density at radius 2 is 1.81 bits per heavy atom. The number of rotatable bonds is 6. The molecule has 0 saturated heterocycles. The number of hydrogen-bond acceptors (Lipinski definition) is 4. The molecule has 21 heavy (non-hydrogen) atoms. The molecule has 0 bridgehead atoms. The molecule has 1 unspecified atom stereocenters. The van der Waals surface area contributed by atoms with Gasteiger partial charge >= 0.3 is 0 Å². The van der Waals surface area contributed by atoms with E-state index < -0.39 is 5.60 Å². The molecule has 2 N–H and O–H groups in total. The number of ether oxygens (including phenoxy) is 2. The molecule has 0 fully saturated rings. The molecule has 1 atom stereocenters. The summed E-state index contributed by atoms with van der Waals surface area (Å²) in [4.78, 5) is 0. The second-order valence-corrected chi connectivity index (χ2v) is 5.06. The number of methoxy groups -OCH3 is 1. The van der Waals surface area contributed by atoms with Crippen molar-refractivity contribution >= 4 is 0 Å². The fraction of sp³-hybridized carbons (Fsp3) is 0.294. The molecular weight excluding hydrogens is 268 g/mol. The molecule has 0 aromatic heterocycles. The maximum atomic E-state index is 10.5. The molecule has 4 nitrogen and oxygen atoms in total. The van der Waals surface area contributed by atoms with Gasteiger partial charge in [0, 0.05) is 11.6 Å². The summed E-state index contributed by atoms with van der Waals surface area (Å²) in [5.74, 6) is 1.15. The second kappa shape index (κ2) is 6.61. The lowest BCUT2D eigenvalue weighted by Gasteiger charge is -2.24. The number of benzene rings is 2. The zero-order chi connectivity index (χ0) is 15.3. The Kier molecular flexibility index (Phi) is 4.83. The van der Waals surface area contributed by atoms with Gasteiger partial charge in [0.15, 0.2) is 0 Å². The maximum absolute atomic E-state index is 10.5. The van der Waals surface area contributed by atoms with Crippen molar-refractivity contribution in [2.45, 2.75) is 19.1 Å². The Hall–Kier alpha value is -2.04. The van der Waals surface area contributed by atoms with Crippen LogP contribution in [0.1, 0.15) is 18.1 Å². The van der Waals surface area contributed by atoms with Crippen molar-refractivity contribution in [1.29, 1.82) is 0 Å². The second-order valence-electron chi connectivity index (χ2n) is 5.06. The van der Waals surface area contributed by atoms with E-state index in [1.54, 1.807) is 32.2 Å². The van der Waals surface area contributed by atoms with Crippen LogP contribution in [0.3, 0.4) is 0 Å². The Morgan fingerprint density at radius 3 is 2.43 bits per heavy atom. The maximum Gasteiger partial charge on any atom is 0.128 e. The summed E-state index contributed by atoms with van der Waals surface area (Å²) in [7, 11) is 1.57. The summed E-state index contributed by atoms with van der Waals surface area (Å²) < 4.78 is 10.8. The molecule has 0 heterocycles. The summed E-state index contributed by atoms with van der Waals surface area (Å²) in [6.07, 6.45) is 0. The van der Waals surface area contributed by atoms with Gasteiger partial charge in [-0.2, -0.15) is 0 Å². The van der Waals surface area contributed by atoms with Crippen LogP contribution in [-0.2, 0) is 12.2 Å². The van der Waals surface area contributed by atoms with Crippen LogP contribution in [0.5, 0.6) is 11.5 Å². The van der Waals surface area contributed by atoms with E-state index in [0.29, 0.717) is 17.1 Å². The lowest BCUT2D eigenvalue weighted by molar-refractivity contribution is 0.00688. The molecule has 0 aliphatic carbocycles. The predicted molar refractivity (Wildman–Crippen MR) is 80.4 cm³/mol. The third-order valence-corrected chi connectivity index (χ3v) is 3.35. The Bertz CT molecular complexity index is 579. The lowest BCUT2D eigenvalue weighted by Crippen LogP contribution is -2.29. The molecule has 0 saturated carbocycles. The number of aliphatic hydroxyl groups excluding tert-OH is 1. The molecule has 2 aromatic carbocycles. The van der Waals surface area contributed by atoms with E-state index in [9.17, 15) is 10.2 Å². The van der Waals surface area contributed by atoms with Gasteiger partial charge < -0.3 is 19.7 Å². The summed E-state index contributed by atoms with van der Waals surface area (Å²) in [6.45, 7) is 1.64. The summed E-state index contributed by atoms with van der Waals surface area (Å²) in [6, 6.07) is 14.5. The fourth-order valence-corrected chi connectivity index (χ4v) is 2.03. The van der Waals surface area contributed by atoms with Gasteiger partial charge in [-0.3, -0.25) is 0 Å². The molecule has 2 rings (SSSR count). The normalized spacial score (nSPS) is 13.5. The Labute approximate surface area is 124 Å². The highest BCUT2D eigenvalue weighted by Gasteiger charge is 2.24. The van der Waals surface area contributed by atoms with Crippen molar-refractivity contribution in [2.24, 2.45) is 0 Å². The van der Waals surface area contributed by atoms with Crippen molar-refractivity contribution in [3.05, 3.63) is 59.7 Å². The van der Waals surface area contributed by atoms with Gasteiger partial charge in [-0.25, -0.2) is 0 Å². The molecule has 4 heteroatoms. The zero-order valence-corrected chi connectivity index (χ0v) is 12.2. The van der Waals surface area contributed by atoms with Gasteiger partial charge in [-0.15, -0.1) is 0 Å². The van der Waals surface area contributed by atoms with Gasteiger partial charge in [0.25, 0.3) is 0 Å². The first-order valence-corrected chi connectivity index (χ1v) is 6.75. The first-order chi connectivity index (χ1) is 10.1. The lowest BCUT2D eigenvalue weighted by atomic mass is 9.97. The third kappa shape index (κ3) is 3.74. The quantitative estimate of drug-likeness (QED) is 0.857. The SMILES string of the molecule is COc1ccc(CO)c(OCC(C)(O)c2ccccc2)c1. The van der Waals surface area contributed by atoms with Crippen LogP contribution in [0.15, 0.2) is 48.5 Å². The van der Waals surface area contributed by atoms with Crippen LogP contribution >= 0.6 is 0 Å². The summed E-state index contributed by atoms with van der Waals surface area (Å²) in [5.41, 5.74) is 0.315. The molecular formula is C17H20O4. The smallest absolute Gasteiger partial charge is 0.128 e.